The Bertz CT molecular complexity index is 608. The van der Waals surface area contributed by atoms with Crippen molar-refractivity contribution in [3.63, 3.8) is 0 Å². The van der Waals surface area contributed by atoms with E-state index in [4.69, 9.17) is 4.74 Å². The van der Waals surface area contributed by atoms with Crippen molar-refractivity contribution in [1.82, 2.24) is 25.4 Å². The van der Waals surface area contributed by atoms with Crippen molar-refractivity contribution in [1.29, 1.82) is 0 Å². The lowest BCUT2D eigenvalue weighted by atomic mass is 10.2. The molecule has 1 saturated heterocycles. The summed E-state index contributed by atoms with van der Waals surface area (Å²) in [4.78, 5) is 35.2. The number of aromatic nitrogens is 3. The van der Waals surface area contributed by atoms with Crippen molar-refractivity contribution in [2.24, 2.45) is 0 Å². The van der Waals surface area contributed by atoms with E-state index < -0.39 is 17.2 Å². The van der Waals surface area contributed by atoms with Crippen LogP contribution < -0.4 is 16.3 Å². The van der Waals surface area contributed by atoms with Gasteiger partial charge in [-0.05, 0) is 26.7 Å². The van der Waals surface area contributed by atoms with Crippen molar-refractivity contribution in [3.8, 4) is 0 Å². The fraction of sp³-hybridized carbons (Fsp3) is 0.692. The highest BCUT2D eigenvalue weighted by Crippen LogP contribution is 2.21. The van der Waals surface area contributed by atoms with E-state index in [-0.39, 0.29) is 11.8 Å². The first-order chi connectivity index (χ1) is 11.0. The number of imide groups is 1. The molecule has 0 unspecified atom stereocenters. The molecule has 1 fully saturated rings. The fourth-order valence-electron chi connectivity index (χ4n) is 2.18. The number of nitrogens with one attached hydrogen (secondary N) is 3. The molecule has 128 valence electrons. The Morgan fingerprint density at radius 3 is 3.00 bits per heavy atom. The minimum atomic E-state index is -0.573. The average molecular weight is 343 g/mol. The number of hydrogen-bond donors (Lipinski definition) is 3. The van der Waals surface area contributed by atoms with Gasteiger partial charge in [-0.3, -0.25) is 14.7 Å². The molecule has 3 N–H and O–H groups in total. The number of rotatable bonds is 6. The van der Waals surface area contributed by atoms with Gasteiger partial charge in [0.05, 0.1) is 17.9 Å². The van der Waals surface area contributed by atoms with Crippen LogP contribution in [0.1, 0.15) is 26.7 Å². The van der Waals surface area contributed by atoms with Crippen LogP contribution in [0.2, 0.25) is 0 Å². The van der Waals surface area contributed by atoms with Gasteiger partial charge in [0.2, 0.25) is 5.91 Å². The third-order valence-corrected chi connectivity index (χ3v) is 4.45. The number of thioether (sulfide) groups is 1. The van der Waals surface area contributed by atoms with Gasteiger partial charge in [0, 0.05) is 13.2 Å². The number of carbonyl (C=O) groups is 2. The molecular weight excluding hydrogens is 322 g/mol. The SMILES string of the molecule is CCNC(=O)NC(=O)[C@@H](C)Sc1n[nH]c(=O)n1C[C@H]1CCCO1. The number of H-pyrrole nitrogens is 1. The van der Waals surface area contributed by atoms with E-state index in [9.17, 15) is 14.4 Å². The number of aromatic amines is 1. The molecule has 23 heavy (non-hydrogen) atoms. The number of nitrogens with zero attached hydrogens (tertiary/aromatic N) is 2. The van der Waals surface area contributed by atoms with Gasteiger partial charge >= 0.3 is 11.7 Å². The maximum Gasteiger partial charge on any atom is 0.344 e. The van der Waals surface area contributed by atoms with Gasteiger partial charge in [-0.1, -0.05) is 11.8 Å². The summed E-state index contributed by atoms with van der Waals surface area (Å²) in [6.45, 7) is 4.94. The lowest BCUT2D eigenvalue weighted by Gasteiger charge is -2.13. The van der Waals surface area contributed by atoms with Crippen LogP contribution in [0.3, 0.4) is 0 Å². The van der Waals surface area contributed by atoms with E-state index in [1.165, 1.54) is 4.57 Å². The van der Waals surface area contributed by atoms with E-state index in [1.54, 1.807) is 13.8 Å². The maximum atomic E-state index is 12.0. The van der Waals surface area contributed by atoms with Gasteiger partial charge in [0.25, 0.3) is 0 Å². The third-order valence-electron chi connectivity index (χ3n) is 3.36. The molecule has 10 heteroatoms. The van der Waals surface area contributed by atoms with Crippen LogP contribution >= 0.6 is 11.8 Å². The Labute approximate surface area is 137 Å². The fourth-order valence-corrected chi connectivity index (χ4v) is 3.04. The molecule has 1 aromatic heterocycles. The van der Waals surface area contributed by atoms with Gasteiger partial charge in [0.15, 0.2) is 5.16 Å². The van der Waals surface area contributed by atoms with Crippen LogP contribution in [0.25, 0.3) is 0 Å². The molecule has 1 aliphatic rings. The zero-order valence-corrected chi connectivity index (χ0v) is 13.9. The number of amides is 3. The normalized spacial score (nSPS) is 18.6. The van der Waals surface area contributed by atoms with Crippen LogP contribution in [0, 0.1) is 0 Å². The summed E-state index contributed by atoms with van der Waals surface area (Å²) in [5.74, 6) is -0.444. The molecule has 0 bridgehead atoms. The Morgan fingerprint density at radius 1 is 1.57 bits per heavy atom. The lowest BCUT2D eigenvalue weighted by molar-refractivity contribution is -0.119. The molecule has 2 heterocycles. The number of hydrogen-bond acceptors (Lipinski definition) is 6. The van der Waals surface area contributed by atoms with Crippen molar-refractivity contribution in [3.05, 3.63) is 10.5 Å². The van der Waals surface area contributed by atoms with Gasteiger partial charge < -0.3 is 10.1 Å². The van der Waals surface area contributed by atoms with E-state index in [0.29, 0.717) is 24.9 Å². The molecule has 1 aromatic rings. The Hall–Kier alpha value is -1.81. The summed E-state index contributed by atoms with van der Waals surface area (Å²) in [7, 11) is 0. The minimum absolute atomic E-state index is 0.0101. The topological polar surface area (TPSA) is 118 Å². The highest BCUT2D eigenvalue weighted by molar-refractivity contribution is 8.00. The first-order valence-corrected chi connectivity index (χ1v) is 8.41. The molecular formula is C13H21N5O4S. The average Bonchev–Trinajstić information content (AvgIpc) is 3.12. The Morgan fingerprint density at radius 2 is 2.35 bits per heavy atom. The number of carbonyl (C=O) groups excluding carboxylic acids is 2. The second-order valence-corrected chi connectivity index (χ2v) is 6.47. The van der Waals surface area contributed by atoms with Crippen LogP contribution in [0.5, 0.6) is 0 Å². The van der Waals surface area contributed by atoms with Crippen molar-refractivity contribution >= 4 is 23.7 Å². The van der Waals surface area contributed by atoms with Gasteiger partial charge in [-0.15, -0.1) is 5.10 Å². The van der Waals surface area contributed by atoms with Gasteiger partial charge in [-0.25, -0.2) is 14.7 Å². The summed E-state index contributed by atoms with van der Waals surface area (Å²) >= 11 is 1.12. The molecule has 0 radical (unpaired) electrons. The maximum absolute atomic E-state index is 12.0. The molecule has 2 rings (SSSR count). The van der Waals surface area contributed by atoms with Crippen molar-refractivity contribution in [2.75, 3.05) is 13.2 Å². The second kappa shape index (κ2) is 8.16. The predicted molar refractivity (Wildman–Crippen MR) is 84.4 cm³/mol. The Balaban J connectivity index is 1.97. The molecule has 1 aliphatic heterocycles. The summed E-state index contributed by atoms with van der Waals surface area (Å²) < 4.78 is 6.99. The van der Waals surface area contributed by atoms with E-state index in [0.717, 1.165) is 24.6 Å². The summed E-state index contributed by atoms with van der Waals surface area (Å²) in [5, 5.41) is 10.9. The van der Waals surface area contributed by atoms with E-state index in [1.807, 2.05) is 0 Å². The van der Waals surface area contributed by atoms with Crippen LogP contribution in [0.15, 0.2) is 9.95 Å². The number of ether oxygens (including phenoxy) is 1. The zero-order chi connectivity index (χ0) is 16.8. The highest BCUT2D eigenvalue weighted by atomic mass is 32.2. The predicted octanol–water partition coefficient (Wildman–Crippen LogP) is 0.0767. The van der Waals surface area contributed by atoms with Gasteiger partial charge in [-0.2, -0.15) is 0 Å². The molecule has 2 atom stereocenters. The highest BCUT2D eigenvalue weighted by Gasteiger charge is 2.23. The van der Waals surface area contributed by atoms with E-state index >= 15 is 0 Å². The summed E-state index contributed by atoms with van der Waals surface area (Å²) in [6.07, 6.45) is 1.86. The first kappa shape index (κ1) is 17.5. The number of urea groups is 1. The van der Waals surface area contributed by atoms with E-state index in [2.05, 4.69) is 20.8 Å². The second-order valence-electron chi connectivity index (χ2n) is 5.17. The molecule has 0 aromatic carbocycles. The monoisotopic (exact) mass is 343 g/mol. The molecule has 0 aliphatic carbocycles. The smallest absolute Gasteiger partial charge is 0.344 e. The summed E-state index contributed by atoms with van der Waals surface area (Å²) in [5.41, 5.74) is -0.334. The Kier molecular flexibility index (Phi) is 6.22. The first-order valence-electron chi connectivity index (χ1n) is 7.53. The van der Waals surface area contributed by atoms with Crippen molar-refractivity contribution in [2.45, 2.75) is 49.7 Å². The minimum Gasteiger partial charge on any atom is -0.376 e. The third kappa shape index (κ3) is 4.83. The van der Waals surface area contributed by atoms with Crippen molar-refractivity contribution < 1.29 is 14.3 Å². The zero-order valence-electron chi connectivity index (χ0n) is 13.1. The van der Waals surface area contributed by atoms with Crippen LogP contribution in [-0.2, 0) is 16.1 Å². The summed E-state index contributed by atoms with van der Waals surface area (Å²) in [6, 6.07) is -0.538. The largest absolute Gasteiger partial charge is 0.376 e. The molecule has 9 nitrogen and oxygen atoms in total. The molecule has 3 amide bonds. The van der Waals surface area contributed by atoms with Gasteiger partial charge in [0.1, 0.15) is 0 Å². The quantitative estimate of drug-likeness (QED) is 0.630. The molecule has 0 spiro atoms. The van der Waals surface area contributed by atoms with Crippen LogP contribution in [0.4, 0.5) is 4.79 Å². The van der Waals surface area contributed by atoms with Crippen LogP contribution in [-0.4, -0.2) is 51.2 Å². The lowest BCUT2D eigenvalue weighted by Crippen LogP contribution is -2.42. The standard InChI is InChI=1S/C13H21N5O4S/c1-3-14-11(20)15-10(19)8(2)23-13-17-16-12(21)18(13)7-9-5-4-6-22-9/h8-9H,3-7H2,1-2H3,(H,16,21)(H2,14,15,19,20)/t8-,9-/m1/s1. The molecule has 0 saturated carbocycles.